The molecular weight excluding hydrogens is 380 g/mol. The molecule has 1 aromatic carbocycles. The molecule has 1 fully saturated rings. The predicted octanol–water partition coefficient (Wildman–Crippen LogP) is 3.22. The van der Waals surface area contributed by atoms with Crippen LogP contribution in [0.1, 0.15) is 33.8 Å². The summed E-state index contributed by atoms with van der Waals surface area (Å²) in [6.07, 6.45) is 6.66. The number of Topliss-reactive ketones (excluding diaryl/α,β-unsaturated/α-hetero) is 1. The Bertz CT molecular complexity index is 1260. The lowest BCUT2D eigenvalue weighted by Gasteiger charge is -2.05. The fraction of sp³-hybridized carbons (Fsp3) is 0.136. The van der Waals surface area contributed by atoms with Gasteiger partial charge in [0.25, 0.3) is 5.91 Å². The van der Waals surface area contributed by atoms with Gasteiger partial charge in [-0.15, -0.1) is 0 Å². The number of hydrogen-bond acceptors (Lipinski definition) is 6. The number of amides is 1. The number of nitrogens with two attached hydrogens (primary N) is 1. The number of nitrogens with zero attached hydrogens (tertiary/aromatic N) is 4. The molecule has 0 bridgehead atoms. The van der Waals surface area contributed by atoms with Crippen molar-refractivity contribution in [2.24, 2.45) is 5.92 Å². The minimum Gasteiger partial charge on any atom is -0.382 e. The second kappa shape index (κ2) is 7.07. The maximum atomic E-state index is 12.7. The lowest BCUT2D eigenvalue weighted by atomic mass is 10.1. The van der Waals surface area contributed by atoms with Gasteiger partial charge >= 0.3 is 0 Å². The number of rotatable bonds is 5. The maximum absolute atomic E-state index is 12.7. The molecule has 5 rings (SSSR count). The first-order valence-electron chi connectivity index (χ1n) is 9.61. The number of pyridine rings is 1. The molecular formula is C22H18N6O2. The summed E-state index contributed by atoms with van der Waals surface area (Å²) in [5, 5.41) is 2.75. The molecule has 4 aromatic rings. The minimum absolute atomic E-state index is 0.0215. The van der Waals surface area contributed by atoms with Crippen LogP contribution in [0.15, 0.2) is 61.1 Å². The van der Waals surface area contributed by atoms with E-state index in [0.29, 0.717) is 34.2 Å². The summed E-state index contributed by atoms with van der Waals surface area (Å²) in [6.45, 7) is 0. The molecule has 1 aliphatic carbocycles. The average molecular weight is 398 g/mol. The normalized spacial score (nSPS) is 13.3. The molecule has 0 radical (unpaired) electrons. The standard InChI is InChI=1S/C22H18N6O2/c23-20-18-17(27-21(19(29)14-6-7-14)28(18)12-11-25-20)13-4-8-15(9-5-13)22(30)26-16-3-1-2-10-24-16/h1-5,8-12,14H,6-7H2,(H2,23,25)(H,24,26,30). The van der Waals surface area contributed by atoms with Gasteiger partial charge in [0.15, 0.2) is 5.82 Å². The van der Waals surface area contributed by atoms with Gasteiger partial charge in [0, 0.05) is 35.6 Å². The van der Waals surface area contributed by atoms with Gasteiger partial charge in [0.1, 0.15) is 22.8 Å². The van der Waals surface area contributed by atoms with Crippen LogP contribution in [-0.4, -0.2) is 31.0 Å². The number of ketones is 1. The van der Waals surface area contributed by atoms with Crippen LogP contribution in [0.3, 0.4) is 0 Å². The summed E-state index contributed by atoms with van der Waals surface area (Å²) >= 11 is 0. The highest BCUT2D eigenvalue weighted by atomic mass is 16.1. The van der Waals surface area contributed by atoms with Crippen molar-refractivity contribution in [2.75, 3.05) is 11.1 Å². The van der Waals surface area contributed by atoms with Gasteiger partial charge in [-0.05, 0) is 37.1 Å². The van der Waals surface area contributed by atoms with E-state index in [1.807, 2.05) is 0 Å². The molecule has 30 heavy (non-hydrogen) atoms. The van der Waals surface area contributed by atoms with E-state index in [-0.39, 0.29) is 17.6 Å². The number of imidazole rings is 1. The highest BCUT2D eigenvalue weighted by molar-refractivity contribution is 6.04. The number of hydrogen-bond donors (Lipinski definition) is 2. The Labute approximate surface area is 171 Å². The second-order valence-corrected chi connectivity index (χ2v) is 7.20. The summed E-state index contributed by atoms with van der Waals surface area (Å²) in [5.41, 5.74) is 8.50. The molecule has 0 unspecified atom stereocenters. The summed E-state index contributed by atoms with van der Waals surface area (Å²) in [4.78, 5) is 38.0. The van der Waals surface area contributed by atoms with Gasteiger partial charge in [-0.2, -0.15) is 0 Å². The molecule has 8 nitrogen and oxygen atoms in total. The van der Waals surface area contributed by atoms with E-state index in [9.17, 15) is 9.59 Å². The van der Waals surface area contributed by atoms with Crippen LogP contribution in [-0.2, 0) is 0 Å². The van der Waals surface area contributed by atoms with Crippen LogP contribution in [0.5, 0.6) is 0 Å². The van der Waals surface area contributed by atoms with Gasteiger partial charge in [-0.1, -0.05) is 18.2 Å². The third-order valence-corrected chi connectivity index (χ3v) is 5.08. The fourth-order valence-corrected chi connectivity index (χ4v) is 3.37. The molecule has 1 amide bonds. The van der Waals surface area contributed by atoms with Gasteiger partial charge in [0.05, 0.1) is 0 Å². The summed E-state index contributed by atoms with van der Waals surface area (Å²) < 4.78 is 1.71. The van der Waals surface area contributed by atoms with Crippen LogP contribution in [0.25, 0.3) is 16.8 Å². The first-order chi connectivity index (χ1) is 14.6. The number of nitrogens with one attached hydrogen (secondary N) is 1. The summed E-state index contributed by atoms with van der Waals surface area (Å²) in [5.74, 6) is 0.943. The van der Waals surface area contributed by atoms with Crippen molar-refractivity contribution < 1.29 is 9.59 Å². The number of aromatic nitrogens is 4. The Morgan fingerprint density at radius 3 is 2.53 bits per heavy atom. The average Bonchev–Trinajstić information content (AvgIpc) is 3.55. The molecule has 0 aliphatic heterocycles. The van der Waals surface area contributed by atoms with Gasteiger partial charge in [-0.25, -0.2) is 15.0 Å². The van der Waals surface area contributed by atoms with E-state index < -0.39 is 0 Å². The van der Waals surface area contributed by atoms with Crippen molar-refractivity contribution in [1.82, 2.24) is 19.4 Å². The van der Waals surface area contributed by atoms with Crippen molar-refractivity contribution in [3.8, 4) is 11.3 Å². The summed E-state index contributed by atoms with van der Waals surface area (Å²) in [7, 11) is 0. The highest BCUT2D eigenvalue weighted by Gasteiger charge is 2.34. The maximum Gasteiger partial charge on any atom is 0.256 e. The molecule has 0 saturated heterocycles. The lowest BCUT2D eigenvalue weighted by molar-refractivity contribution is 0.0956. The zero-order chi connectivity index (χ0) is 20.7. The number of anilines is 2. The monoisotopic (exact) mass is 398 g/mol. The van der Waals surface area contributed by atoms with Crippen molar-refractivity contribution in [1.29, 1.82) is 0 Å². The number of fused-ring (bicyclic) bond motifs is 1. The Morgan fingerprint density at radius 1 is 1.03 bits per heavy atom. The highest BCUT2D eigenvalue weighted by Crippen LogP contribution is 2.35. The van der Waals surface area contributed by atoms with E-state index in [1.54, 1.807) is 65.5 Å². The van der Waals surface area contributed by atoms with Crippen molar-refractivity contribution in [3.63, 3.8) is 0 Å². The van der Waals surface area contributed by atoms with Gasteiger partial charge < -0.3 is 11.1 Å². The Hall–Kier alpha value is -4.07. The number of nitrogen functional groups attached to an aromatic ring is 1. The molecule has 3 heterocycles. The Morgan fingerprint density at radius 2 is 1.83 bits per heavy atom. The van der Waals surface area contributed by atoms with Crippen LogP contribution >= 0.6 is 0 Å². The Kier molecular flexibility index (Phi) is 4.24. The van der Waals surface area contributed by atoms with E-state index in [2.05, 4.69) is 20.3 Å². The second-order valence-electron chi connectivity index (χ2n) is 7.20. The molecule has 8 heteroatoms. The summed E-state index contributed by atoms with van der Waals surface area (Å²) in [6, 6.07) is 12.3. The fourth-order valence-electron chi connectivity index (χ4n) is 3.37. The lowest BCUT2D eigenvalue weighted by Crippen LogP contribution is -2.12. The smallest absolute Gasteiger partial charge is 0.256 e. The molecule has 1 saturated carbocycles. The molecule has 3 aromatic heterocycles. The third kappa shape index (κ3) is 3.18. The van der Waals surface area contributed by atoms with Crippen molar-refractivity contribution >= 4 is 28.8 Å². The van der Waals surface area contributed by atoms with Crippen LogP contribution in [0, 0.1) is 5.92 Å². The topological polar surface area (TPSA) is 115 Å². The molecule has 0 atom stereocenters. The number of carbonyl (C=O) groups excluding carboxylic acids is 2. The predicted molar refractivity (Wildman–Crippen MR) is 112 cm³/mol. The molecule has 3 N–H and O–H groups in total. The number of benzene rings is 1. The van der Waals surface area contributed by atoms with Crippen molar-refractivity contribution in [2.45, 2.75) is 12.8 Å². The molecule has 1 aliphatic rings. The van der Waals surface area contributed by atoms with Crippen LogP contribution in [0.2, 0.25) is 0 Å². The van der Waals surface area contributed by atoms with E-state index in [4.69, 9.17) is 5.73 Å². The first-order valence-corrected chi connectivity index (χ1v) is 9.61. The van der Waals surface area contributed by atoms with E-state index in [0.717, 1.165) is 18.4 Å². The quantitative estimate of drug-likeness (QED) is 0.499. The Balaban J connectivity index is 1.50. The minimum atomic E-state index is -0.263. The SMILES string of the molecule is Nc1nccn2c(C(=O)C3CC3)nc(-c3ccc(C(=O)Nc4ccccn4)cc3)c12. The third-order valence-electron chi connectivity index (χ3n) is 5.08. The van der Waals surface area contributed by atoms with Crippen molar-refractivity contribution in [3.05, 3.63) is 72.4 Å². The first kappa shape index (κ1) is 18.0. The largest absolute Gasteiger partial charge is 0.382 e. The zero-order valence-corrected chi connectivity index (χ0v) is 15.9. The number of carbonyl (C=O) groups is 2. The zero-order valence-electron chi connectivity index (χ0n) is 15.9. The van der Waals surface area contributed by atoms with Gasteiger partial charge in [-0.3, -0.25) is 14.0 Å². The molecule has 148 valence electrons. The van der Waals surface area contributed by atoms with Gasteiger partial charge in [0.2, 0.25) is 5.78 Å². The van der Waals surface area contributed by atoms with Crippen LogP contribution < -0.4 is 11.1 Å². The van der Waals surface area contributed by atoms with E-state index >= 15 is 0 Å². The molecule has 0 spiro atoms. The van der Waals surface area contributed by atoms with Crippen LogP contribution in [0.4, 0.5) is 11.6 Å². The van der Waals surface area contributed by atoms with E-state index in [1.165, 1.54) is 0 Å².